The molecule has 8 heteroatoms. The zero-order chi connectivity index (χ0) is 25.3. The van der Waals surface area contributed by atoms with Gasteiger partial charge in [-0.15, -0.1) is 0 Å². The van der Waals surface area contributed by atoms with Crippen molar-refractivity contribution in [3.63, 3.8) is 0 Å². The summed E-state index contributed by atoms with van der Waals surface area (Å²) in [6, 6.07) is 0. The molecule has 0 amide bonds. The van der Waals surface area contributed by atoms with E-state index in [4.69, 9.17) is 14.2 Å². The minimum Gasteiger partial charge on any atom is -0.465 e. The molecule has 1 fully saturated rings. The van der Waals surface area contributed by atoms with Gasteiger partial charge >= 0.3 is 5.97 Å². The molecule has 0 spiro atoms. The molecule has 4 N–H and O–H groups in total. The van der Waals surface area contributed by atoms with Crippen molar-refractivity contribution in [2.24, 2.45) is 0 Å². The second-order valence-corrected chi connectivity index (χ2v) is 9.71. The molecule has 0 aromatic rings. The summed E-state index contributed by atoms with van der Waals surface area (Å²) in [6.07, 6.45) is 5.85. The van der Waals surface area contributed by atoms with E-state index in [1.807, 2.05) is 0 Å². The summed E-state index contributed by atoms with van der Waals surface area (Å²) in [7, 11) is 0. The maximum Gasteiger partial charge on any atom is 0.308 e. The van der Waals surface area contributed by atoms with Crippen molar-refractivity contribution in [1.82, 2.24) is 0 Å². The molecule has 0 bridgehead atoms. The quantitative estimate of drug-likeness (QED) is 0.160. The van der Waals surface area contributed by atoms with E-state index in [1.54, 1.807) is 6.92 Å². The average molecular weight is 491 g/mol. The average Bonchev–Trinajstić information content (AvgIpc) is 2.80. The van der Waals surface area contributed by atoms with Gasteiger partial charge in [-0.25, -0.2) is 0 Å². The molecule has 0 aromatic heterocycles. The highest BCUT2D eigenvalue weighted by Gasteiger charge is 2.43. The Morgan fingerprint density at radius 1 is 0.824 bits per heavy atom. The van der Waals surface area contributed by atoms with E-state index in [0.717, 1.165) is 44.9 Å². The summed E-state index contributed by atoms with van der Waals surface area (Å²) in [4.78, 5) is 12.4. The number of rotatable bonds is 19. The van der Waals surface area contributed by atoms with Crippen LogP contribution in [0.4, 0.5) is 0 Å². The number of carbonyl (C=O) groups is 1. The lowest BCUT2D eigenvalue weighted by atomic mass is 9.99. The molecule has 1 aliphatic rings. The number of hydrogen-bond acceptors (Lipinski definition) is 8. The van der Waals surface area contributed by atoms with Crippen LogP contribution in [-0.2, 0) is 19.0 Å². The van der Waals surface area contributed by atoms with Gasteiger partial charge in [-0.2, -0.15) is 0 Å². The maximum atomic E-state index is 12.4. The third-order valence-electron chi connectivity index (χ3n) is 6.51. The third kappa shape index (κ3) is 12.8. The molecule has 7 atom stereocenters. The summed E-state index contributed by atoms with van der Waals surface area (Å²) in [5.41, 5.74) is 0. The van der Waals surface area contributed by atoms with Crippen LogP contribution >= 0.6 is 0 Å². The van der Waals surface area contributed by atoms with Crippen LogP contribution in [0.15, 0.2) is 0 Å². The molecule has 2 unspecified atom stereocenters. The van der Waals surface area contributed by atoms with E-state index >= 15 is 0 Å². The molecule has 202 valence electrons. The molecule has 0 saturated carbocycles. The van der Waals surface area contributed by atoms with Gasteiger partial charge in [0.05, 0.1) is 31.3 Å². The first-order valence-corrected chi connectivity index (χ1v) is 13.5. The number of esters is 1. The van der Waals surface area contributed by atoms with Gasteiger partial charge in [-0.05, 0) is 19.8 Å². The Balaban J connectivity index is 2.46. The summed E-state index contributed by atoms with van der Waals surface area (Å²) < 4.78 is 16.8. The first kappa shape index (κ1) is 31.3. The lowest BCUT2D eigenvalue weighted by molar-refractivity contribution is -0.304. The molecule has 1 heterocycles. The van der Waals surface area contributed by atoms with Gasteiger partial charge in [-0.1, -0.05) is 78.1 Å². The van der Waals surface area contributed by atoms with Crippen LogP contribution in [0.5, 0.6) is 0 Å². The zero-order valence-electron chi connectivity index (χ0n) is 21.6. The first-order chi connectivity index (χ1) is 16.3. The van der Waals surface area contributed by atoms with Crippen molar-refractivity contribution in [3.05, 3.63) is 0 Å². The Bertz CT molecular complexity index is 517. The fraction of sp³-hybridized carbons (Fsp3) is 0.962. The highest BCUT2D eigenvalue weighted by molar-refractivity contribution is 5.69. The second-order valence-electron chi connectivity index (χ2n) is 9.71. The van der Waals surface area contributed by atoms with Crippen molar-refractivity contribution < 1.29 is 39.4 Å². The van der Waals surface area contributed by atoms with E-state index in [-0.39, 0.29) is 13.0 Å². The second kappa shape index (κ2) is 18.5. The number of unbranched alkanes of at least 4 members (excludes halogenated alkanes) is 8. The fourth-order valence-electron chi connectivity index (χ4n) is 4.19. The van der Waals surface area contributed by atoms with Crippen molar-refractivity contribution in [1.29, 1.82) is 0 Å². The Morgan fingerprint density at radius 3 is 2.03 bits per heavy atom. The molecular formula is C26H50O8. The van der Waals surface area contributed by atoms with Crippen molar-refractivity contribution >= 4 is 5.97 Å². The standard InChI is InChI=1S/C26H50O8/c1-4-6-8-10-12-14-20(27)16-17-32-22(28)18-21(15-13-11-9-7-5-2)34-26-25(31)24(30)23(29)19(3)33-26/h19-21,23-27,29-31H,4-18H2,1-3H3/t19-,20?,21?,23-,24+,25+,26-/m0/s1. The number of ether oxygens (including phenoxy) is 3. The summed E-state index contributed by atoms with van der Waals surface area (Å²) in [5.74, 6) is -0.423. The zero-order valence-corrected chi connectivity index (χ0v) is 21.6. The molecule has 8 nitrogen and oxygen atoms in total. The van der Waals surface area contributed by atoms with Crippen LogP contribution in [0, 0.1) is 0 Å². The molecule has 0 aliphatic carbocycles. The topological polar surface area (TPSA) is 126 Å². The fourth-order valence-corrected chi connectivity index (χ4v) is 4.19. The maximum absolute atomic E-state index is 12.4. The third-order valence-corrected chi connectivity index (χ3v) is 6.51. The minimum atomic E-state index is -1.41. The lowest BCUT2D eigenvalue weighted by Gasteiger charge is -2.40. The van der Waals surface area contributed by atoms with Crippen LogP contribution in [0.25, 0.3) is 0 Å². The summed E-state index contributed by atoms with van der Waals surface area (Å²) in [5, 5.41) is 40.3. The molecular weight excluding hydrogens is 440 g/mol. The van der Waals surface area contributed by atoms with Gasteiger partial charge in [0.1, 0.15) is 18.3 Å². The SMILES string of the molecule is CCCCCCCC(O)CCOC(=O)CC(CCCCCCC)O[C@@H]1O[C@@H](C)[C@H](O)[C@@H](O)[C@H]1O. The summed E-state index contributed by atoms with van der Waals surface area (Å²) in [6.45, 7) is 6.07. The minimum absolute atomic E-state index is 0.000497. The van der Waals surface area contributed by atoms with Crippen LogP contribution in [0.2, 0.25) is 0 Å². The molecule has 1 rings (SSSR count). The predicted octanol–water partition coefficient (Wildman–Crippen LogP) is 3.60. The largest absolute Gasteiger partial charge is 0.465 e. The van der Waals surface area contributed by atoms with Gasteiger partial charge in [0.25, 0.3) is 0 Å². The number of hydrogen-bond donors (Lipinski definition) is 4. The Kier molecular flexibility index (Phi) is 17.0. The smallest absolute Gasteiger partial charge is 0.308 e. The highest BCUT2D eigenvalue weighted by atomic mass is 16.7. The number of aliphatic hydroxyl groups is 4. The number of carbonyl (C=O) groups excluding carboxylic acids is 1. The number of aliphatic hydroxyl groups excluding tert-OH is 4. The Hall–Kier alpha value is -0.770. The highest BCUT2D eigenvalue weighted by Crippen LogP contribution is 2.25. The molecule has 0 radical (unpaired) electrons. The lowest BCUT2D eigenvalue weighted by Crippen LogP contribution is -2.58. The van der Waals surface area contributed by atoms with E-state index in [1.165, 1.54) is 19.3 Å². The van der Waals surface area contributed by atoms with Crippen molar-refractivity contribution in [3.8, 4) is 0 Å². The summed E-state index contributed by atoms with van der Waals surface area (Å²) >= 11 is 0. The van der Waals surface area contributed by atoms with Gasteiger partial charge in [0.2, 0.25) is 0 Å². The molecule has 1 saturated heterocycles. The van der Waals surface area contributed by atoms with Gasteiger partial charge < -0.3 is 34.6 Å². The predicted molar refractivity (Wildman–Crippen MR) is 130 cm³/mol. The Labute approximate surface area is 206 Å². The van der Waals surface area contributed by atoms with Crippen LogP contribution in [0.1, 0.15) is 111 Å². The van der Waals surface area contributed by atoms with Crippen molar-refractivity contribution in [2.75, 3.05) is 6.61 Å². The van der Waals surface area contributed by atoms with Gasteiger partial charge in [0.15, 0.2) is 6.29 Å². The van der Waals surface area contributed by atoms with Crippen LogP contribution in [-0.4, -0.2) is 75.9 Å². The van der Waals surface area contributed by atoms with Gasteiger partial charge in [0, 0.05) is 6.42 Å². The molecule has 0 aromatic carbocycles. The van der Waals surface area contributed by atoms with Crippen molar-refractivity contribution in [2.45, 2.75) is 154 Å². The van der Waals surface area contributed by atoms with E-state index < -0.39 is 48.9 Å². The van der Waals surface area contributed by atoms with Crippen LogP contribution < -0.4 is 0 Å². The van der Waals surface area contributed by atoms with E-state index in [0.29, 0.717) is 19.3 Å². The first-order valence-electron chi connectivity index (χ1n) is 13.5. The van der Waals surface area contributed by atoms with E-state index in [9.17, 15) is 25.2 Å². The molecule has 1 aliphatic heterocycles. The van der Waals surface area contributed by atoms with Crippen LogP contribution in [0.3, 0.4) is 0 Å². The normalized spacial score (nSPS) is 26.9. The monoisotopic (exact) mass is 490 g/mol. The van der Waals surface area contributed by atoms with E-state index in [2.05, 4.69) is 13.8 Å². The Morgan fingerprint density at radius 2 is 1.41 bits per heavy atom. The molecule has 34 heavy (non-hydrogen) atoms. The van der Waals surface area contributed by atoms with Gasteiger partial charge in [-0.3, -0.25) is 4.79 Å².